The first-order valence-corrected chi connectivity index (χ1v) is 4.95. The summed E-state index contributed by atoms with van der Waals surface area (Å²) in [6, 6.07) is 3.67. The lowest BCUT2D eigenvalue weighted by Gasteiger charge is -2.05. The number of thioether (sulfide) groups is 1. The molecule has 12 heavy (non-hydrogen) atoms. The molecule has 3 nitrogen and oxygen atoms in total. The van der Waals surface area contributed by atoms with E-state index in [-0.39, 0.29) is 12.6 Å². The predicted molar refractivity (Wildman–Crippen MR) is 49.9 cm³/mol. The van der Waals surface area contributed by atoms with E-state index in [0.717, 1.165) is 17.3 Å². The first-order chi connectivity index (χ1) is 5.83. The molecule has 0 bridgehead atoms. The summed E-state index contributed by atoms with van der Waals surface area (Å²) >= 11 is 1.66. The van der Waals surface area contributed by atoms with E-state index in [9.17, 15) is 0 Å². The molecule has 0 aromatic carbocycles. The topological polar surface area (TPSA) is 59.4 Å². The zero-order valence-corrected chi connectivity index (χ0v) is 7.59. The van der Waals surface area contributed by atoms with Gasteiger partial charge in [-0.05, 0) is 12.1 Å². The summed E-state index contributed by atoms with van der Waals surface area (Å²) in [6.07, 6.45) is 1.65. The molecular weight excluding hydrogens is 174 g/mol. The fourth-order valence-electron chi connectivity index (χ4n) is 0.758. The number of aliphatic hydroxyl groups is 1. The first kappa shape index (κ1) is 9.64. The molecule has 1 heterocycles. The van der Waals surface area contributed by atoms with E-state index in [0.29, 0.717) is 0 Å². The van der Waals surface area contributed by atoms with Crippen LogP contribution < -0.4 is 5.73 Å². The standard InChI is InChI=1S/C8H13NO2S/c9-7(4-10)5-12-6-8-2-1-3-11-8/h1-3,7,10H,4-6,9H2. The Morgan fingerprint density at radius 3 is 3.08 bits per heavy atom. The van der Waals surface area contributed by atoms with Crippen LogP contribution in [0.3, 0.4) is 0 Å². The third-order valence-corrected chi connectivity index (χ3v) is 2.54. The van der Waals surface area contributed by atoms with E-state index in [2.05, 4.69) is 0 Å². The van der Waals surface area contributed by atoms with Gasteiger partial charge >= 0.3 is 0 Å². The second-order valence-corrected chi connectivity index (χ2v) is 3.57. The summed E-state index contributed by atoms with van der Waals surface area (Å²) in [5.41, 5.74) is 5.51. The molecule has 0 aliphatic carbocycles. The Bertz CT molecular complexity index is 201. The van der Waals surface area contributed by atoms with E-state index in [1.807, 2.05) is 12.1 Å². The van der Waals surface area contributed by atoms with Gasteiger partial charge in [0.25, 0.3) is 0 Å². The maximum absolute atomic E-state index is 8.63. The number of hydrogen-bond acceptors (Lipinski definition) is 4. The Hall–Kier alpha value is -0.450. The molecule has 1 atom stereocenters. The highest BCUT2D eigenvalue weighted by Gasteiger charge is 2.01. The van der Waals surface area contributed by atoms with Crippen LogP contribution in [0.2, 0.25) is 0 Å². The van der Waals surface area contributed by atoms with Crippen molar-refractivity contribution in [1.82, 2.24) is 0 Å². The molecule has 0 aliphatic heterocycles. The van der Waals surface area contributed by atoms with Gasteiger partial charge in [-0.15, -0.1) is 0 Å². The smallest absolute Gasteiger partial charge is 0.113 e. The summed E-state index contributed by atoms with van der Waals surface area (Å²) in [7, 11) is 0. The molecule has 1 unspecified atom stereocenters. The molecular formula is C8H13NO2S. The maximum Gasteiger partial charge on any atom is 0.113 e. The highest BCUT2D eigenvalue weighted by atomic mass is 32.2. The third-order valence-electron chi connectivity index (χ3n) is 1.39. The SMILES string of the molecule is NC(CO)CSCc1ccco1. The van der Waals surface area contributed by atoms with Crippen molar-refractivity contribution in [3.8, 4) is 0 Å². The van der Waals surface area contributed by atoms with Crippen molar-refractivity contribution in [3.63, 3.8) is 0 Å². The van der Waals surface area contributed by atoms with Gasteiger partial charge < -0.3 is 15.3 Å². The van der Waals surface area contributed by atoms with Crippen molar-refractivity contribution in [2.24, 2.45) is 5.73 Å². The number of aliphatic hydroxyl groups excluding tert-OH is 1. The van der Waals surface area contributed by atoms with Crippen molar-refractivity contribution in [1.29, 1.82) is 0 Å². The Kier molecular flexibility index (Phi) is 4.21. The molecule has 1 rings (SSSR count). The highest BCUT2D eigenvalue weighted by Crippen LogP contribution is 2.12. The summed E-state index contributed by atoms with van der Waals surface area (Å²) in [5.74, 6) is 2.53. The van der Waals surface area contributed by atoms with Gasteiger partial charge in [-0.3, -0.25) is 0 Å². The molecule has 0 saturated heterocycles. The summed E-state index contributed by atoms with van der Waals surface area (Å²) in [5, 5.41) is 8.63. The zero-order valence-electron chi connectivity index (χ0n) is 6.77. The third kappa shape index (κ3) is 3.30. The molecule has 1 aromatic rings. The van der Waals surface area contributed by atoms with Gasteiger partial charge in [-0.1, -0.05) is 0 Å². The zero-order chi connectivity index (χ0) is 8.81. The van der Waals surface area contributed by atoms with E-state index in [1.165, 1.54) is 0 Å². The van der Waals surface area contributed by atoms with Gasteiger partial charge in [-0.25, -0.2) is 0 Å². The monoisotopic (exact) mass is 187 g/mol. The highest BCUT2D eigenvalue weighted by molar-refractivity contribution is 7.98. The summed E-state index contributed by atoms with van der Waals surface area (Å²) in [6.45, 7) is 0.0468. The van der Waals surface area contributed by atoms with Crippen molar-refractivity contribution >= 4 is 11.8 Å². The Morgan fingerprint density at radius 2 is 2.50 bits per heavy atom. The van der Waals surface area contributed by atoms with Gasteiger partial charge in [-0.2, -0.15) is 11.8 Å². The fourth-order valence-corrected chi connectivity index (χ4v) is 1.65. The lowest BCUT2D eigenvalue weighted by atomic mass is 10.4. The summed E-state index contributed by atoms with van der Waals surface area (Å²) in [4.78, 5) is 0. The molecule has 0 spiro atoms. The Morgan fingerprint density at radius 1 is 1.67 bits per heavy atom. The number of nitrogens with two attached hydrogens (primary N) is 1. The second-order valence-electron chi connectivity index (χ2n) is 2.54. The average molecular weight is 187 g/mol. The first-order valence-electron chi connectivity index (χ1n) is 3.79. The lowest BCUT2D eigenvalue weighted by molar-refractivity contribution is 0.275. The normalized spacial score (nSPS) is 13.2. The summed E-state index contributed by atoms with van der Waals surface area (Å²) < 4.78 is 5.12. The van der Waals surface area contributed by atoms with Crippen molar-refractivity contribution in [3.05, 3.63) is 24.2 Å². The molecule has 0 radical (unpaired) electrons. The molecule has 4 heteroatoms. The number of furan rings is 1. The van der Waals surface area contributed by atoms with E-state index in [4.69, 9.17) is 15.3 Å². The van der Waals surface area contributed by atoms with Crippen LogP contribution in [0.4, 0.5) is 0 Å². The largest absolute Gasteiger partial charge is 0.468 e. The van der Waals surface area contributed by atoms with Crippen LogP contribution in [-0.4, -0.2) is 23.5 Å². The average Bonchev–Trinajstić information content (AvgIpc) is 2.57. The second kappa shape index (κ2) is 5.24. The van der Waals surface area contributed by atoms with Crippen molar-refractivity contribution in [2.75, 3.05) is 12.4 Å². The lowest BCUT2D eigenvalue weighted by Crippen LogP contribution is -2.26. The van der Waals surface area contributed by atoms with Crippen LogP contribution in [0.5, 0.6) is 0 Å². The van der Waals surface area contributed by atoms with Crippen LogP contribution in [0.25, 0.3) is 0 Å². The minimum atomic E-state index is -0.120. The van der Waals surface area contributed by atoms with Crippen LogP contribution >= 0.6 is 11.8 Å². The van der Waals surface area contributed by atoms with Gasteiger partial charge in [0.2, 0.25) is 0 Å². The minimum absolute atomic E-state index is 0.0468. The quantitative estimate of drug-likeness (QED) is 0.717. The predicted octanol–water partition coefficient (Wildman–Crippen LogP) is 0.832. The van der Waals surface area contributed by atoms with Crippen LogP contribution in [-0.2, 0) is 5.75 Å². The molecule has 0 saturated carbocycles. The van der Waals surface area contributed by atoms with Gasteiger partial charge in [0.05, 0.1) is 18.6 Å². The molecule has 0 fully saturated rings. The van der Waals surface area contributed by atoms with Crippen molar-refractivity contribution in [2.45, 2.75) is 11.8 Å². The fraction of sp³-hybridized carbons (Fsp3) is 0.500. The van der Waals surface area contributed by atoms with Gasteiger partial charge in [0.1, 0.15) is 5.76 Å². The van der Waals surface area contributed by atoms with E-state index < -0.39 is 0 Å². The van der Waals surface area contributed by atoms with E-state index in [1.54, 1.807) is 18.0 Å². The number of hydrogen-bond donors (Lipinski definition) is 2. The van der Waals surface area contributed by atoms with Gasteiger partial charge in [0.15, 0.2) is 0 Å². The molecule has 0 amide bonds. The molecule has 0 aliphatic rings. The van der Waals surface area contributed by atoms with Crippen LogP contribution in [0.15, 0.2) is 22.8 Å². The van der Waals surface area contributed by atoms with Gasteiger partial charge in [0, 0.05) is 11.8 Å². The molecule has 68 valence electrons. The Labute approximate surface area is 75.9 Å². The van der Waals surface area contributed by atoms with E-state index >= 15 is 0 Å². The van der Waals surface area contributed by atoms with Crippen molar-refractivity contribution < 1.29 is 9.52 Å². The maximum atomic E-state index is 8.63. The Balaban J connectivity index is 2.11. The molecule has 3 N–H and O–H groups in total. The minimum Gasteiger partial charge on any atom is -0.468 e. The number of rotatable bonds is 5. The molecule has 1 aromatic heterocycles. The van der Waals surface area contributed by atoms with Crippen LogP contribution in [0, 0.1) is 0 Å². The van der Waals surface area contributed by atoms with Crippen LogP contribution in [0.1, 0.15) is 5.76 Å².